The van der Waals surface area contributed by atoms with E-state index in [1.54, 1.807) is 13.0 Å². The second-order valence-corrected chi connectivity index (χ2v) is 3.54. The molecule has 0 aliphatic carbocycles. The van der Waals surface area contributed by atoms with Crippen molar-refractivity contribution in [3.8, 4) is 0 Å². The smallest absolute Gasteiger partial charge is 0.303 e. The molecule has 0 fully saturated rings. The minimum Gasteiger partial charge on any atom is -0.481 e. The van der Waals surface area contributed by atoms with Gasteiger partial charge in [0, 0.05) is 18.5 Å². The molecule has 2 N–H and O–H groups in total. The molecule has 5 nitrogen and oxygen atoms in total. The molecule has 0 saturated carbocycles. The third-order valence-corrected chi connectivity index (χ3v) is 2.17. The number of hydrogen-bond donors (Lipinski definition) is 2. The Bertz CT molecular complexity index is 370. The number of rotatable bonds is 6. The predicted molar refractivity (Wildman–Crippen MR) is 57.3 cm³/mol. The molecule has 0 atom stereocenters. The zero-order valence-electron chi connectivity index (χ0n) is 9.16. The first-order chi connectivity index (χ1) is 7.61. The third-order valence-electron chi connectivity index (χ3n) is 2.17. The Balaban J connectivity index is 2.21. The Morgan fingerprint density at radius 1 is 1.44 bits per heavy atom. The number of aliphatic carboxylic acids is 1. The van der Waals surface area contributed by atoms with Crippen LogP contribution < -0.4 is 5.32 Å². The Morgan fingerprint density at radius 2 is 2.19 bits per heavy atom. The molecule has 16 heavy (non-hydrogen) atoms. The SMILES string of the molecule is Cc1ccoc1C(=O)NCCCCC(=O)O. The number of aryl methyl sites for hydroxylation is 1. The topological polar surface area (TPSA) is 79.5 Å². The molecule has 5 heteroatoms. The molecule has 1 aromatic rings. The number of carbonyl (C=O) groups is 2. The normalized spacial score (nSPS) is 10.1. The van der Waals surface area contributed by atoms with Crippen LogP contribution >= 0.6 is 0 Å². The van der Waals surface area contributed by atoms with Crippen LogP contribution in [-0.2, 0) is 4.79 Å². The van der Waals surface area contributed by atoms with Crippen molar-refractivity contribution in [1.29, 1.82) is 0 Å². The molecule has 0 aromatic carbocycles. The van der Waals surface area contributed by atoms with Crippen LogP contribution in [-0.4, -0.2) is 23.5 Å². The number of hydrogen-bond acceptors (Lipinski definition) is 3. The minimum atomic E-state index is -0.812. The van der Waals surface area contributed by atoms with Crippen molar-refractivity contribution in [1.82, 2.24) is 5.32 Å². The van der Waals surface area contributed by atoms with E-state index in [1.807, 2.05) is 0 Å². The van der Waals surface area contributed by atoms with Gasteiger partial charge in [0.1, 0.15) is 0 Å². The Hall–Kier alpha value is -1.78. The van der Waals surface area contributed by atoms with E-state index in [1.165, 1.54) is 6.26 Å². The van der Waals surface area contributed by atoms with Crippen molar-refractivity contribution < 1.29 is 19.1 Å². The summed E-state index contributed by atoms with van der Waals surface area (Å²) in [6, 6.07) is 1.72. The Morgan fingerprint density at radius 3 is 2.75 bits per heavy atom. The van der Waals surface area contributed by atoms with Crippen molar-refractivity contribution in [2.75, 3.05) is 6.54 Å². The molecule has 0 aliphatic rings. The highest BCUT2D eigenvalue weighted by Crippen LogP contribution is 2.08. The van der Waals surface area contributed by atoms with E-state index >= 15 is 0 Å². The molecule has 0 aliphatic heterocycles. The zero-order chi connectivity index (χ0) is 12.0. The van der Waals surface area contributed by atoms with Crippen LogP contribution in [0.2, 0.25) is 0 Å². The first kappa shape index (κ1) is 12.3. The van der Waals surface area contributed by atoms with Gasteiger partial charge in [0.2, 0.25) is 0 Å². The summed E-state index contributed by atoms with van der Waals surface area (Å²) in [6.07, 6.45) is 2.81. The summed E-state index contributed by atoms with van der Waals surface area (Å²) in [5.41, 5.74) is 0.794. The molecule has 0 spiro atoms. The van der Waals surface area contributed by atoms with Gasteiger partial charge < -0.3 is 14.8 Å². The molecule has 1 aromatic heterocycles. The number of carboxylic acids is 1. The molecule has 88 valence electrons. The Kier molecular flexibility index (Phi) is 4.57. The quantitative estimate of drug-likeness (QED) is 0.720. The van der Waals surface area contributed by atoms with Gasteiger partial charge in [-0.25, -0.2) is 0 Å². The number of carbonyl (C=O) groups excluding carboxylic acids is 1. The van der Waals surface area contributed by atoms with Crippen molar-refractivity contribution in [2.45, 2.75) is 26.2 Å². The van der Waals surface area contributed by atoms with Gasteiger partial charge in [-0.2, -0.15) is 0 Å². The summed E-state index contributed by atoms with van der Waals surface area (Å²) in [7, 11) is 0. The van der Waals surface area contributed by atoms with Crippen molar-refractivity contribution >= 4 is 11.9 Å². The fourth-order valence-corrected chi connectivity index (χ4v) is 1.29. The fraction of sp³-hybridized carbons (Fsp3) is 0.455. The van der Waals surface area contributed by atoms with Gasteiger partial charge in [-0.1, -0.05) is 0 Å². The van der Waals surface area contributed by atoms with Crippen LogP contribution in [0.25, 0.3) is 0 Å². The summed E-state index contributed by atoms with van der Waals surface area (Å²) in [4.78, 5) is 21.7. The first-order valence-corrected chi connectivity index (χ1v) is 5.15. The maximum atomic E-state index is 11.5. The molecule has 1 heterocycles. The standard InChI is InChI=1S/C11H15NO4/c1-8-5-7-16-10(8)11(15)12-6-3-2-4-9(13)14/h5,7H,2-4,6H2,1H3,(H,12,15)(H,13,14). The van der Waals surface area contributed by atoms with E-state index in [4.69, 9.17) is 9.52 Å². The predicted octanol–water partition coefficient (Wildman–Crippen LogP) is 1.57. The molecule has 0 radical (unpaired) electrons. The number of carboxylic acid groups (broad SMARTS) is 1. The first-order valence-electron chi connectivity index (χ1n) is 5.15. The van der Waals surface area contributed by atoms with Gasteiger partial charge in [-0.15, -0.1) is 0 Å². The summed E-state index contributed by atoms with van der Waals surface area (Å²) >= 11 is 0. The van der Waals surface area contributed by atoms with E-state index in [0.717, 1.165) is 5.56 Å². The lowest BCUT2D eigenvalue weighted by Gasteiger charge is -2.02. The van der Waals surface area contributed by atoms with Crippen LogP contribution in [0.5, 0.6) is 0 Å². The highest BCUT2D eigenvalue weighted by Gasteiger charge is 2.11. The summed E-state index contributed by atoms with van der Waals surface area (Å²) in [6.45, 7) is 2.26. The average Bonchev–Trinajstić information content (AvgIpc) is 2.63. The second-order valence-electron chi connectivity index (χ2n) is 3.54. The average molecular weight is 225 g/mol. The fourth-order valence-electron chi connectivity index (χ4n) is 1.29. The van der Waals surface area contributed by atoms with E-state index < -0.39 is 5.97 Å². The highest BCUT2D eigenvalue weighted by atomic mass is 16.4. The van der Waals surface area contributed by atoms with Crippen molar-refractivity contribution in [3.63, 3.8) is 0 Å². The minimum absolute atomic E-state index is 0.135. The van der Waals surface area contributed by atoms with E-state index in [-0.39, 0.29) is 12.3 Å². The van der Waals surface area contributed by atoms with Crippen LogP contribution in [0.1, 0.15) is 35.4 Å². The van der Waals surface area contributed by atoms with Crippen LogP contribution in [0.4, 0.5) is 0 Å². The summed E-state index contributed by atoms with van der Waals surface area (Å²) in [5.74, 6) is -0.746. The molecular formula is C11H15NO4. The van der Waals surface area contributed by atoms with Gasteiger partial charge in [0.15, 0.2) is 5.76 Å². The zero-order valence-corrected chi connectivity index (χ0v) is 9.16. The number of furan rings is 1. The van der Waals surface area contributed by atoms with E-state index in [2.05, 4.69) is 5.32 Å². The summed E-state index contributed by atoms with van der Waals surface area (Å²) < 4.78 is 5.02. The molecule has 0 bridgehead atoms. The lowest BCUT2D eigenvalue weighted by atomic mass is 10.2. The third kappa shape index (κ3) is 3.76. The summed E-state index contributed by atoms with van der Waals surface area (Å²) in [5, 5.41) is 11.1. The lowest BCUT2D eigenvalue weighted by Crippen LogP contribution is -2.24. The van der Waals surface area contributed by atoms with Gasteiger partial charge in [0.05, 0.1) is 6.26 Å². The largest absolute Gasteiger partial charge is 0.481 e. The Labute approximate surface area is 93.4 Å². The number of amides is 1. The number of unbranched alkanes of at least 4 members (excludes halogenated alkanes) is 1. The molecule has 1 rings (SSSR count). The molecule has 1 amide bonds. The number of nitrogens with one attached hydrogen (secondary N) is 1. The monoisotopic (exact) mass is 225 g/mol. The van der Waals surface area contributed by atoms with Crippen molar-refractivity contribution in [3.05, 3.63) is 23.7 Å². The maximum Gasteiger partial charge on any atom is 0.303 e. The molecular weight excluding hydrogens is 210 g/mol. The highest BCUT2D eigenvalue weighted by molar-refractivity contribution is 5.92. The molecule has 0 unspecified atom stereocenters. The lowest BCUT2D eigenvalue weighted by molar-refractivity contribution is -0.137. The van der Waals surface area contributed by atoms with Crippen LogP contribution in [0.15, 0.2) is 16.7 Å². The second kappa shape index (κ2) is 5.95. The van der Waals surface area contributed by atoms with Crippen molar-refractivity contribution in [2.24, 2.45) is 0 Å². The van der Waals surface area contributed by atoms with Crippen LogP contribution in [0, 0.1) is 6.92 Å². The van der Waals surface area contributed by atoms with Gasteiger partial charge in [0.25, 0.3) is 5.91 Å². The maximum absolute atomic E-state index is 11.5. The van der Waals surface area contributed by atoms with Gasteiger partial charge in [-0.3, -0.25) is 9.59 Å². The van der Waals surface area contributed by atoms with Crippen LogP contribution in [0.3, 0.4) is 0 Å². The van der Waals surface area contributed by atoms with E-state index in [9.17, 15) is 9.59 Å². The molecule has 0 saturated heterocycles. The van der Waals surface area contributed by atoms with Gasteiger partial charge >= 0.3 is 5.97 Å². The van der Waals surface area contributed by atoms with Gasteiger partial charge in [-0.05, 0) is 25.8 Å². The van der Waals surface area contributed by atoms with E-state index in [0.29, 0.717) is 25.1 Å².